The highest BCUT2D eigenvalue weighted by Gasteiger charge is 2.13. The van der Waals surface area contributed by atoms with Crippen molar-refractivity contribution in [3.8, 4) is 11.4 Å². The van der Waals surface area contributed by atoms with E-state index >= 15 is 0 Å². The van der Waals surface area contributed by atoms with Crippen LogP contribution in [-0.2, 0) is 13.6 Å². The van der Waals surface area contributed by atoms with Crippen molar-refractivity contribution in [3.63, 3.8) is 0 Å². The topological polar surface area (TPSA) is 43.8 Å². The fourth-order valence-electron chi connectivity index (χ4n) is 2.33. The van der Waals surface area contributed by atoms with Gasteiger partial charge >= 0.3 is 0 Å². The fourth-order valence-corrected chi connectivity index (χ4v) is 2.51. The fraction of sp³-hybridized carbons (Fsp3) is 0.133. The summed E-state index contributed by atoms with van der Waals surface area (Å²) in [5.41, 5.74) is 9.36. The molecule has 2 N–H and O–H groups in total. The molecule has 0 atom stereocenters. The smallest absolute Gasteiger partial charge is 0.141 e. The van der Waals surface area contributed by atoms with Crippen molar-refractivity contribution in [1.82, 2.24) is 9.55 Å². The maximum Gasteiger partial charge on any atom is 0.141 e. The molecule has 2 aromatic carbocycles. The number of para-hydroxylation sites is 1. The molecule has 0 radical (unpaired) electrons. The van der Waals surface area contributed by atoms with Crippen LogP contribution in [0.15, 0.2) is 36.4 Å². The maximum absolute atomic E-state index is 13.3. The minimum Gasteiger partial charge on any atom is -0.327 e. The Hall–Kier alpha value is -1.91. The molecule has 5 heteroatoms. The van der Waals surface area contributed by atoms with E-state index in [2.05, 4.69) is 4.98 Å². The van der Waals surface area contributed by atoms with Crippen molar-refractivity contribution in [1.29, 1.82) is 0 Å². The molecule has 1 heterocycles. The Morgan fingerprint density at radius 2 is 2.10 bits per heavy atom. The molecule has 0 bridgehead atoms. The van der Waals surface area contributed by atoms with E-state index in [9.17, 15) is 4.39 Å². The monoisotopic (exact) mass is 289 g/mol. The summed E-state index contributed by atoms with van der Waals surface area (Å²) in [6.45, 7) is 0.429. The van der Waals surface area contributed by atoms with E-state index in [4.69, 9.17) is 17.3 Å². The molecule has 0 spiro atoms. The van der Waals surface area contributed by atoms with Crippen LogP contribution in [0.2, 0.25) is 5.02 Å². The predicted octanol–water partition coefficient (Wildman–Crippen LogP) is 3.49. The van der Waals surface area contributed by atoms with Crippen LogP contribution >= 0.6 is 11.6 Å². The summed E-state index contributed by atoms with van der Waals surface area (Å²) in [6, 6.07) is 10.5. The number of nitrogens with zero attached hydrogens (tertiary/aromatic N) is 2. The molecule has 0 saturated carbocycles. The lowest BCUT2D eigenvalue weighted by atomic mass is 10.2. The third-order valence-electron chi connectivity index (χ3n) is 3.39. The molecule has 20 heavy (non-hydrogen) atoms. The number of nitrogens with two attached hydrogens (primary N) is 1. The summed E-state index contributed by atoms with van der Waals surface area (Å²) in [7, 11) is 1.92. The largest absolute Gasteiger partial charge is 0.327 e. The first-order valence-electron chi connectivity index (χ1n) is 6.21. The second-order valence-corrected chi connectivity index (χ2v) is 5.02. The van der Waals surface area contributed by atoms with Gasteiger partial charge in [0.15, 0.2) is 0 Å². The van der Waals surface area contributed by atoms with Crippen LogP contribution in [0.1, 0.15) is 5.56 Å². The summed E-state index contributed by atoms with van der Waals surface area (Å²) < 4.78 is 15.2. The van der Waals surface area contributed by atoms with Gasteiger partial charge in [-0.2, -0.15) is 0 Å². The molecule has 0 saturated heterocycles. The van der Waals surface area contributed by atoms with Crippen molar-refractivity contribution in [3.05, 3.63) is 52.8 Å². The van der Waals surface area contributed by atoms with Crippen molar-refractivity contribution >= 4 is 22.6 Å². The van der Waals surface area contributed by atoms with Gasteiger partial charge in [0.2, 0.25) is 0 Å². The zero-order valence-electron chi connectivity index (χ0n) is 10.9. The Morgan fingerprint density at radius 1 is 1.30 bits per heavy atom. The van der Waals surface area contributed by atoms with Crippen LogP contribution in [0, 0.1) is 5.82 Å². The summed E-state index contributed by atoms with van der Waals surface area (Å²) in [5, 5.41) is 0.0913. The van der Waals surface area contributed by atoms with Gasteiger partial charge in [-0.05, 0) is 29.8 Å². The molecule has 3 nitrogen and oxygen atoms in total. The summed E-state index contributed by atoms with van der Waals surface area (Å²) in [5.74, 6) is 0.305. The van der Waals surface area contributed by atoms with Gasteiger partial charge in [-0.3, -0.25) is 0 Å². The van der Waals surface area contributed by atoms with Crippen LogP contribution in [-0.4, -0.2) is 9.55 Å². The minimum atomic E-state index is -0.433. The Kier molecular flexibility index (Phi) is 3.20. The number of aryl methyl sites for hydroxylation is 1. The van der Waals surface area contributed by atoms with Gasteiger partial charge in [0.25, 0.3) is 0 Å². The van der Waals surface area contributed by atoms with Crippen LogP contribution in [0.25, 0.3) is 22.4 Å². The summed E-state index contributed by atoms with van der Waals surface area (Å²) >= 11 is 5.84. The van der Waals surface area contributed by atoms with E-state index in [-0.39, 0.29) is 5.02 Å². The first kappa shape index (κ1) is 13.1. The molecule has 0 fully saturated rings. The third-order valence-corrected chi connectivity index (χ3v) is 3.68. The molecule has 1 aromatic heterocycles. The number of rotatable bonds is 2. The van der Waals surface area contributed by atoms with E-state index in [0.717, 1.165) is 28.0 Å². The molecule has 0 unspecified atom stereocenters. The van der Waals surface area contributed by atoms with E-state index in [1.165, 1.54) is 6.07 Å². The van der Waals surface area contributed by atoms with Crippen LogP contribution in [0.3, 0.4) is 0 Å². The molecule has 0 aliphatic heterocycles. The second kappa shape index (κ2) is 4.89. The molecule has 0 amide bonds. The number of benzene rings is 2. The number of imidazole rings is 1. The molecule has 0 aliphatic rings. The molecular weight excluding hydrogens is 277 g/mol. The lowest BCUT2D eigenvalue weighted by Gasteiger charge is -2.03. The van der Waals surface area contributed by atoms with Gasteiger partial charge in [-0.25, -0.2) is 9.37 Å². The third kappa shape index (κ3) is 1.97. The predicted molar refractivity (Wildman–Crippen MR) is 79.0 cm³/mol. The van der Waals surface area contributed by atoms with E-state index < -0.39 is 5.82 Å². The highest BCUT2D eigenvalue weighted by molar-refractivity contribution is 6.31. The maximum atomic E-state index is 13.3. The molecule has 102 valence electrons. The standard InChI is InChI=1S/C15H13ClFN3/c1-20-13-4-2-3-10(8-18)14(13)19-15(20)9-5-6-12(17)11(16)7-9/h2-7H,8,18H2,1H3. The van der Waals surface area contributed by atoms with E-state index in [1.54, 1.807) is 12.1 Å². The van der Waals surface area contributed by atoms with Crippen molar-refractivity contribution in [2.24, 2.45) is 12.8 Å². The number of halogens is 2. The van der Waals surface area contributed by atoms with Gasteiger partial charge in [0.05, 0.1) is 16.1 Å². The van der Waals surface area contributed by atoms with Gasteiger partial charge in [-0.15, -0.1) is 0 Å². The van der Waals surface area contributed by atoms with Crippen LogP contribution in [0.5, 0.6) is 0 Å². The van der Waals surface area contributed by atoms with E-state index in [0.29, 0.717) is 6.54 Å². The Bertz CT molecular complexity index is 795. The van der Waals surface area contributed by atoms with Crippen LogP contribution in [0.4, 0.5) is 4.39 Å². The molecule has 3 aromatic rings. The minimum absolute atomic E-state index is 0.0913. The first-order valence-corrected chi connectivity index (χ1v) is 6.59. The van der Waals surface area contributed by atoms with Crippen LogP contribution < -0.4 is 5.73 Å². The molecular formula is C15H13ClFN3. The van der Waals surface area contributed by atoms with Gasteiger partial charge in [-0.1, -0.05) is 23.7 Å². The SMILES string of the molecule is Cn1c(-c2ccc(F)c(Cl)c2)nc2c(CN)cccc21. The second-order valence-electron chi connectivity index (χ2n) is 4.61. The zero-order chi connectivity index (χ0) is 14.3. The summed E-state index contributed by atoms with van der Waals surface area (Å²) in [4.78, 5) is 4.63. The Labute approximate surface area is 120 Å². The molecule has 3 rings (SSSR count). The number of aromatic nitrogens is 2. The Balaban J connectivity index is 2.26. The Morgan fingerprint density at radius 3 is 2.80 bits per heavy atom. The van der Waals surface area contributed by atoms with Crippen molar-refractivity contribution in [2.45, 2.75) is 6.54 Å². The average Bonchev–Trinajstić information content (AvgIpc) is 2.79. The van der Waals surface area contributed by atoms with Gasteiger partial charge in [0, 0.05) is 19.2 Å². The number of fused-ring (bicyclic) bond motifs is 1. The van der Waals surface area contributed by atoms with Crippen molar-refractivity contribution < 1.29 is 4.39 Å². The molecule has 0 aliphatic carbocycles. The lowest BCUT2D eigenvalue weighted by Crippen LogP contribution is -1.97. The summed E-state index contributed by atoms with van der Waals surface area (Å²) in [6.07, 6.45) is 0. The van der Waals surface area contributed by atoms with Crippen molar-refractivity contribution in [2.75, 3.05) is 0 Å². The highest BCUT2D eigenvalue weighted by Crippen LogP contribution is 2.28. The van der Waals surface area contributed by atoms with Gasteiger partial charge in [0.1, 0.15) is 11.6 Å². The number of hydrogen-bond donors (Lipinski definition) is 1. The van der Waals surface area contributed by atoms with E-state index in [1.807, 2.05) is 29.8 Å². The van der Waals surface area contributed by atoms with Gasteiger partial charge < -0.3 is 10.3 Å². The highest BCUT2D eigenvalue weighted by atomic mass is 35.5. The number of hydrogen-bond acceptors (Lipinski definition) is 2. The lowest BCUT2D eigenvalue weighted by molar-refractivity contribution is 0.628. The normalized spacial score (nSPS) is 11.2. The quantitative estimate of drug-likeness (QED) is 0.785. The first-order chi connectivity index (χ1) is 9.61. The zero-order valence-corrected chi connectivity index (χ0v) is 11.7. The average molecular weight is 290 g/mol.